The zero-order valence-corrected chi connectivity index (χ0v) is 18.7. The van der Waals surface area contributed by atoms with Crippen LogP contribution in [0, 0.1) is 11.8 Å². The zero-order chi connectivity index (χ0) is 21.3. The number of piperazine rings is 1. The molecule has 0 radical (unpaired) electrons. The lowest BCUT2D eigenvalue weighted by molar-refractivity contribution is -0.145. The Kier molecular flexibility index (Phi) is 8.51. The van der Waals surface area contributed by atoms with Crippen molar-refractivity contribution < 1.29 is 9.53 Å². The van der Waals surface area contributed by atoms with E-state index in [9.17, 15) is 4.79 Å². The van der Waals surface area contributed by atoms with Gasteiger partial charge in [-0.15, -0.1) is 0 Å². The Morgan fingerprint density at radius 2 is 1.83 bits per heavy atom. The summed E-state index contributed by atoms with van der Waals surface area (Å²) in [5, 5.41) is 3.48. The van der Waals surface area contributed by atoms with E-state index in [1.54, 1.807) is 0 Å². The van der Waals surface area contributed by atoms with Crippen LogP contribution in [0.3, 0.4) is 0 Å². The number of benzene rings is 1. The van der Waals surface area contributed by atoms with Gasteiger partial charge in [-0.05, 0) is 24.4 Å². The number of ether oxygens (including phenoxy) is 1. The van der Waals surface area contributed by atoms with Gasteiger partial charge in [0.25, 0.3) is 0 Å². The molecule has 0 spiro atoms. The van der Waals surface area contributed by atoms with Crippen molar-refractivity contribution >= 4 is 11.9 Å². The van der Waals surface area contributed by atoms with E-state index in [2.05, 4.69) is 62.3 Å². The van der Waals surface area contributed by atoms with E-state index in [0.717, 1.165) is 64.7 Å². The van der Waals surface area contributed by atoms with Crippen molar-refractivity contribution in [3.05, 3.63) is 35.9 Å². The van der Waals surface area contributed by atoms with Gasteiger partial charge in [-0.3, -0.25) is 14.7 Å². The molecule has 0 bridgehead atoms. The van der Waals surface area contributed by atoms with E-state index in [4.69, 9.17) is 4.74 Å². The van der Waals surface area contributed by atoms with E-state index < -0.39 is 0 Å². The van der Waals surface area contributed by atoms with E-state index in [-0.39, 0.29) is 17.8 Å². The predicted molar refractivity (Wildman–Crippen MR) is 120 cm³/mol. The lowest BCUT2D eigenvalue weighted by Crippen LogP contribution is -2.47. The summed E-state index contributed by atoms with van der Waals surface area (Å²) >= 11 is 0. The molecule has 1 N–H and O–H groups in total. The molecule has 30 heavy (non-hydrogen) atoms. The fourth-order valence-electron chi connectivity index (χ4n) is 4.45. The number of nitrogens with one attached hydrogen (secondary N) is 1. The van der Waals surface area contributed by atoms with Gasteiger partial charge in [0.2, 0.25) is 0 Å². The van der Waals surface area contributed by atoms with Gasteiger partial charge in [0.1, 0.15) is 0 Å². The Morgan fingerprint density at radius 1 is 1.13 bits per heavy atom. The molecule has 2 fully saturated rings. The monoisotopic (exact) mass is 415 g/mol. The van der Waals surface area contributed by atoms with Crippen molar-refractivity contribution in [3.63, 3.8) is 0 Å². The van der Waals surface area contributed by atoms with Gasteiger partial charge >= 0.3 is 5.97 Å². The molecule has 0 saturated carbocycles. The first-order valence-electron chi connectivity index (χ1n) is 11.1. The first-order valence-corrected chi connectivity index (χ1v) is 11.1. The summed E-state index contributed by atoms with van der Waals surface area (Å²) in [6.45, 7) is 11.2. The molecule has 1 aromatic carbocycles. The molecule has 166 valence electrons. The fourth-order valence-corrected chi connectivity index (χ4v) is 4.45. The average Bonchev–Trinajstić information content (AvgIpc) is 3.16. The highest BCUT2D eigenvalue weighted by Gasteiger charge is 2.36. The normalized spacial score (nSPS) is 23.6. The van der Waals surface area contributed by atoms with Crippen molar-refractivity contribution in [2.45, 2.75) is 19.9 Å². The number of likely N-dealkylation sites (tertiary alicyclic amines) is 1. The van der Waals surface area contributed by atoms with Gasteiger partial charge in [-0.1, -0.05) is 37.3 Å². The first kappa shape index (κ1) is 22.6. The second-order valence-electron chi connectivity index (χ2n) is 8.44. The molecule has 2 atom stereocenters. The Hall–Kier alpha value is -2.12. The van der Waals surface area contributed by atoms with Crippen LogP contribution in [-0.2, 0) is 16.1 Å². The van der Waals surface area contributed by atoms with Gasteiger partial charge in [0, 0.05) is 59.4 Å². The minimum atomic E-state index is -0.119. The van der Waals surface area contributed by atoms with Gasteiger partial charge < -0.3 is 19.9 Å². The number of hydrogen-bond donors (Lipinski definition) is 1. The number of aliphatic imine (C=N–C) groups is 1. The molecule has 2 saturated heterocycles. The van der Waals surface area contributed by atoms with E-state index in [1.165, 1.54) is 12.7 Å². The highest BCUT2D eigenvalue weighted by atomic mass is 16.5. The van der Waals surface area contributed by atoms with Crippen molar-refractivity contribution in [1.82, 2.24) is 20.0 Å². The summed E-state index contributed by atoms with van der Waals surface area (Å²) in [4.78, 5) is 23.6. The van der Waals surface area contributed by atoms with E-state index in [1.807, 2.05) is 7.05 Å². The van der Waals surface area contributed by atoms with Gasteiger partial charge in [-0.25, -0.2) is 0 Å². The second kappa shape index (κ2) is 11.3. The third-order valence-electron chi connectivity index (χ3n) is 6.28. The summed E-state index contributed by atoms with van der Waals surface area (Å²) < 4.78 is 4.94. The van der Waals surface area contributed by atoms with Crippen molar-refractivity contribution in [2.75, 3.05) is 66.5 Å². The van der Waals surface area contributed by atoms with E-state index in [0.29, 0.717) is 6.54 Å². The number of methoxy groups -OCH3 is 1. The smallest absolute Gasteiger partial charge is 0.310 e. The molecular formula is C23H37N5O2. The summed E-state index contributed by atoms with van der Waals surface area (Å²) in [6, 6.07) is 10.7. The van der Waals surface area contributed by atoms with Crippen LogP contribution in [0.15, 0.2) is 35.3 Å². The molecule has 0 aromatic heterocycles. The van der Waals surface area contributed by atoms with Crippen molar-refractivity contribution in [1.29, 1.82) is 0 Å². The van der Waals surface area contributed by atoms with Crippen LogP contribution in [0.5, 0.6) is 0 Å². The van der Waals surface area contributed by atoms with Crippen molar-refractivity contribution in [2.24, 2.45) is 16.8 Å². The maximum atomic E-state index is 11.9. The largest absolute Gasteiger partial charge is 0.469 e. The van der Waals surface area contributed by atoms with E-state index >= 15 is 0 Å². The standard InChI is InChI=1S/C23H37N5O2/c1-19-16-28(18-21(19)22(29)30-3)23(24-2)25-10-7-11-26-12-14-27(15-13-26)17-20-8-5-4-6-9-20/h4-6,8-9,19,21H,7,10-18H2,1-3H3,(H,24,25). The Balaban J connectivity index is 1.32. The molecule has 7 nitrogen and oxygen atoms in total. The van der Waals surface area contributed by atoms with Crippen LogP contribution < -0.4 is 5.32 Å². The Morgan fingerprint density at radius 3 is 2.50 bits per heavy atom. The highest BCUT2D eigenvalue weighted by molar-refractivity contribution is 5.82. The van der Waals surface area contributed by atoms with Gasteiger partial charge in [0.05, 0.1) is 13.0 Å². The molecule has 2 aliphatic rings. The van der Waals surface area contributed by atoms with Crippen LogP contribution in [-0.4, -0.2) is 93.1 Å². The number of hydrogen-bond acceptors (Lipinski definition) is 5. The quantitative estimate of drug-likeness (QED) is 0.315. The number of rotatable bonds is 7. The molecule has 0 amide bonds. The minimum Gasteiger partial charge on any atom is -0.469 e. The Labute approximate surface area is 181 Å². The lowest BCUT2D eigenvalue weighted by Gasteiger charge is -2.34. The number of carbonyl (C=O) groups excluding carboxylic acids is 1. The predicted octanol–water partition coefficient (Wildman–Crippen LogP) is 1.51. The summed E-state index contributed by atoms with van der Waals surface area (Å²) in [6.07, 6.45) is 1.08. The topological polar surface area (TPSA) is 60.4 Å². The molecular weight excluding hydrogens is 378 g/mol. The zero-order valence-electron chi connectivity index (χ0n) is 18.7. The Bertz CT molecular complexity index is 688. The molecule has 3 rings (SSSR count). The van der Waals surface area contributed by atoms with Crippen LogP contribution in [0.4, 0.5) is 0 Å². The third-order valence-corrected chi connectivity index (χ3v) is 6.28. The van der Waals surface area contributed by atoms with Crippen molar-refractivity contribution in [3.8, 4) is 0 Å². The van der Waals surface area contributed by atoms with Crippen LogP contribution in [0.25, 0.3) is 0 Å². The third kappa shape index (κ3) is 6.19. The maximum Gasteiger partial charge on any atom is 0.310 e. The SMILES string of the molecule is CN=C(NCCCN1CCN(Cc2ccccc2)CC1)N1CC(C)C(C(=O)OC)C1. The molecule has 7 heteroatoms. The second-order valence-corrected chi connectivity index (χ2v) is 8.44. The van der Waals surface area contributed by atoms with Crippen LogP contribution in [0.2, 0.25) is 0 Å². The number of esters is 1. The lowest BCUT2D eigenvalue weighted by atomic mass is 9.99. The fraction of sp³-hybridized carbons (Fsp3) is 0.652. The molecule has 2 unspecified atom stereocenters. The van der Waals surface area contributed by atoms with Gasteiger partial charge in [0.15, 0.2) is 5.96 Å². The highest BCUT2D eigenvalue weighted by Crippen LogP contribution is 2.24. The van der Waals surface area contributed by atoms with Gasteiger partial charge in [-0.2, -0.15) is 0 Å². The summed E-state index contributed by atoms with van der Waals surface area (Å²) in [5.74, 6) is 0.983. The molecule has 2 aliphatic heterocycles. The minimum absolute atomic E-state index is 0.0688. The van der Waals surface area contributed by atoms with Crippen LogP contribution >= 0.6 is 0 Å². The molecule has 2 heterocycles. The average molecular weight is 416 g/mol. The first-order chi connectivity index (χ1) is 14.6. The number of nitrogens with zero attached hydrogens (tertiary/aromatic N) is 4. The summed E-state index contributed by atoms with van der Waals surface area (Å²) in [5.41, 5.74) is 1.40. The number of carbonyl (C=O) groups is 1. The number of guanidine groups is 1. The summed E-state index contributed by atoms with van der Waals surface area (Å²) in [7, 11) is 3.27. The van der Waals surface area contributed by atoms with Crippen LogP contribution in [0.1, 0.15) is 18.9 Å². The maximum absolute atomic E-state index is 11.9. The molecule has 0 aliphatic carbocycles. The molecule has 1 aromatic rings.